The van der Waals surface area contributed by atoms with E-state index in [4.69, 9.17) is 9.47 Å². The predicted octanol–water partition coefficient (Wildman–Crippen LogP) is 16.0. The van der Waals surface area contributed by atoms with E-state index in [2.05, 4.69) is 35.5 Å². The first-order valence-corrected chi connectivity index (χ1v) is 33.6. The number of allylic oxidation sites excluding steroid dienone is 3. The average molecular weight is 1100 g/mol. The van der Waals surface area contributed by atoms with Crippen molar-refractivity contribution >= 4 is 16.3 Å². The fourth-order valence-electron chi connectivity index (χ4n) is 10.5. The minimum atomic E-state index is -5.09. The molecule has 1 saturated heterocycles. The van der Waals surface area contributed by atoms with Crippen LogP contribution in [0.5, 0.6) is 0 Å². The Hall–Kier alpha value is -1.42. The van der Waals surface area contributed by atoms with E-state index in [1.54, 1.807) is 6.08 Å². The van der Waals surface area contributed by atoms with Crippen molar-refractivity contribution in [2.45, 2.75) is 358 Å². The summed E-state index contributed by atoms with van der Waals surface area (Å²) in [6.45, 7) is 3.44. The molecule has 7 atom stereocenters. The maximum Gasteiger partial charge on any atom is 0.397 e. The molecule has 1 aliphatic rings. The second kappa shape index (κ2) is 52.9. The van der Waals surface area contributed by atoms with Crippen LogP contribution in [0.3, 0.4) is 0 Å². The summed E-state index contributed by atoms with van der Waals surface area (Å²) in [6.07, 6.45) is 58.1. The number of carbonyl (C=O) groups excluding carboxylic acids is 1. The van der Waals surface area contributed by atoms with Crippen molar-refractivity contribution in [1.29, 1.82) is 0 Å². The van der Waals surface area contributed by atoms with Crippen molar-refractivity contribution < 1.29 is 51.8 Å². The topological polar surface area (TPSA) is 192 Å². The molecular weight excluding hydrogens is 979 g/mol. The molecule has 0 bridgehead atoms. The molecule has 1 heterocycles. The van der Waals surface area contributed by atoms with Gasteiger partial charge in [-0.25, -0.2) is 4.18 Å². The van der Waals surface area contributed by atoms with Gasteiger partial charge in [0.05, 0.1) is 25.4 Å². The molecule has 76 heavy (non-hydrogen) atoms. The number of hydrogen-bond acceptors (Lipinski definition) is 10. The van der Waals surface area contributed by atoms with Gasteiger partial charge in [-0.15, -0.1) is 0 Å². The lowest BCUT2D eigenvalue weighted by Gasteiger charge is -2.41. The van der Waals surface area contributed by atoms with E-state index < -0.39 is 59.9 Å². The molecule has 0 saturated carbocycles. The number of carbonyl (C=O) groups is 1. The summed E-state index contributed by atoms with van der Waals surface area (Å²) in [6, 6.07) is -0.943. The van der Waals surface area contributed by atoms with E-state index in [1.165, 1.54) is 250 Å². The molecule has 1 rings (SSSR count). The number of ether oxygens (including phenoxy) is 2. The van der Waals surface area contributed by atoms with Crippen molar-refractivity contribution in [1.82, 2.24) is 5.32 Å². The molecule has 450 valence electrons. The molecule has 0 aromatic heterocycles. The van der Waals surface area contributed by atoms with Gasteiger partial charge in [-0.2, -0.15) is 8.42 Å². The molecule has 1 aliphatic heterocycles. The van der Waals surface area contributed by atoms with Gasteiger partial charge in [0.1, 0.15) is 24.4 Å². The molecule has 0 radical (unpaired) electrons. The molecule has 13 heteroatoms. The largest absolute Gasteiger partial charge is 0.397 e. The zero-order valence-corrected chi connectivity index (χ0v) is 49.9. The molecule has 0 aromatic carbocycles. The van der Waals surface area contributed by atoms with Gasteiger partial charge in [0.25, 0.3) is 0 Å². The SMILES string of the molecule is CCCCCCCCCCCCCC/C=C\CCCCCCCCCCCCCCCCCC(=O)NC(COC1OC(CO)C(O)C(OS(=O)(=O)O)C1O)C(O)/C=C/CCCCCCCCCCCCCCCCCC. The fraction of sp³-hybridized carbons (Fsp3) is 0.921. The first-order valence-electron chi connectivity index (χ1n) is 32.2. The monoisotopic (exact) mass is 1100 g/mol. The summed E-state index contributed by atoms with van der Waals surface area (Å²) in [5.74, 6) is -0.257. The van der Waals surface area contributed by atoms with Gasteiger partial charge in [-0.1, -0.05) is 289 Å². The minimum absolute atomic E-state index is 0.257. The number of nitrogens with one attached hydrogen (secondary N) is 1. The molecule has 0 spiro atoms. The van der Waals surface area contributed by atoms with E-state index >= 15 is 0 Å². The second-order valence-corrected chi connectivity index (χ2v) is 23.8. The van der Waals surface area contributed by atoms with Crippen LogP contribution in [-0.4, -0.2) is 95.4 Å². The molecule has 1 amide bonds. The maximum atomic E-state index is 13.2. The first kappa shape index (κ1) is 72.6. The van der Waals surface area contributed by atoms with Crippen LogP contribution in [0.2, 0.25) is 0 Å². The normalized spacial score (nSPS) is 19.1. The van der Waals surface area contributed by atoms with Gasteiger partial charge >= 0.3 is 10.4 Å². The number of unbranched alkanes of at least 4 members (excludes halogenated alkanes) is 43. The summed E-state index contributed by atoms with van der Waals surface area (Å²) in [5.41, 5.74) is 0. The van der Waals surface area contributed by atoms with Crippen LogP contribution in [-0.2, 0) is 28.9 Å². The van der Waals surface area contributed by atoms with Crippen LogP contribution in [0, 0.1) is 0 Å². The second-order valence-electron chi connectivity index (χ2n) is 22.7. The zero-order valence-electron chi connectivity index (χ0n) is 49.1. The Labute approximate surface area is 467 Å². The standard InChI is InChI=1S/C63H121NO11S/c1-3-5-7-9-11-13-15-17-19-21-23-24-25-26-27-28-29-30-31-32-33-34-35-37-39-41-43-45-47-49-51-53-59(67)64-56(55-73-63-61(69)62(75-76(70,71)72)60(68)58(54-65)74-63)57(66)52-50-48-46-44-42-40-38-36-22-20-18-16-14-12-10-8-6-4-2/h26-27,50,52,56-58,60-63,65-66,68-69H,3-25,28-49,51,53-55H2,1-2H3,(H,64,67)(H,70,71,72)/b27-26-,52-50+. The number of amides is 1. The van der Waals surface area contributed by atoms with Crippen LogP contribution in [0.1, 0.15) is 316 Å². The molecule has 6 N–H and O–H groups in total. The summed E-state index contributed by atoms with van der Waals surface area (Å²) >= 11 is 0. The van der Waals surface area contributed by atoms with Gasteiger partial charge in [-0.05, 0) is 44.9 Å². The number of aliphatic hydroxyl groups excluding tert-OH is 4. The highest BCUT2D eigenvalue weighted by Gasteiger charge is 2.48. The van der Waals surface area contributed by atoms with Crippen molar-refractivity contribution in [2.75, 3.05) is 13.2 Å². The third-order valence-corrected chi connectivity index (χ3v) is 15.9. The molecule has 12 nitrogen and oxygen atoms in total. The van der Waals surface area contributed by atoms with Gasteiger partial charge < -0.3 is 35.2 Å². The fourth-order valence-corrected chi connectivity index (χ4v) is 11.0. The van der Waals surface area contributed by atoms with E-state index in [-0.39, 0.29) is 18.9 Å². The van der Waals surface area contributed by atoms with Crippen LogP contribution >= 0.6 is 0 Å². The summed E-state index contributed by atoms with van der Waals surface area (Å²) in [4.78, 5) is 13.2. The third-order valence-electron chi connectivity index (χ3n) is 15.5. The van der Waals surface area contributed by atoms with Crippen molar-refractivity contribution in [3.63, 3.8) is 0 Å². The van der Waals surface area contributed by atoms with Crippen molar-refractivity contribution in [2.24, 2.45) is 0 Å². The smallest absolute Gasteiger partial charge is 0.394 e. The van der Waals surface area contributed by atoms with Gasteiger partial charge in [-0.3, -0.25) is 9.35 Å². The first-order chi connectivity index (χ1) is 37.0. The molecule has 0 aromatic rings. The van der Waals surface area contributed by atoms with E-state index in [0.717, 1.165) is 38.5 Å². The Kier molecular flexibility index (Phi) is 50.6. The summed E-state index contributed by atoms with van der Waals surface area (Å²) in [7, 11) is -5.09. The van der Waals surface area contributed by atoms with Gasteiger partial charge in [0.2, 0.25) is 5.91 Å². The molecular formula is C63H121NO11S. The minimum Gasteiger partial charge on any atom is -0.394 e. The predicted molar refractivity (Wildman–Crippen MR) is 315 cm³/mol. The Morgan fingerprint density at radius 2 is 0.842 bits per heavy atom. The van der Waals surface area contributed by atoms with E-state index in [1.807, 2.05) is 6.08 Å². The highest BCUT2D eigenvalue weighted by Crippen LogP contribution is 2.26. The average Bonchev–Trinajstić information content (AvgIpc) is 3.40. The van der Waals surface area contributed by atoms with Crippen LogP contribution in [0.4, 0.5) is 0 Å². The lowest BCUT2D eigenvalue weighted by molar-refractivity contribution is -0.298. The molecule has 7 unspecified atom stereocenters. The van der Waals surface area contributed by atoms with Crippen molar-refractivity contribution in [3.8, 4) is 0 Å². The number of aliphatic hydroxyl groups is 4. The Bertz CT molecular complexity index is 1430. The van der Waals surface area contributed by atoms with Gasteiger partial charge in [0.15, 0.2) is 6.29 Å². The Morgan fingerprint density at radius 1 is 0.513 bits per heavy atom. The Balaban J connectivity index is 2.26. The third kappa shape index (κ3) is 44.3. The van der Waals surface area contributed by atoms with E-state index in [9.17, 15) is 38.2 Å². The van der Waals surface area contributed by atoms with Crippen LogP contribution < -0.4 is 5.32 Å². The van der Waals surface area contributed by atoms with Crippen LogP contribution in [0.15, 0.2) is 24.3 Å². The van der Waals surface area contributed by atoms with Crippen molar-refractivity contribution in [3.05, 3.63) is 24.3 Å². The quantitative estimate of drug-likeness (QED) is 0.0193. The summed E-state index contributed by atoms with van der Waals surface area (Å²) in [5, 5.41) is 45.0. The molecule has 1 fully saturated rings. The lowest BCUT2D eigenvalue weighted by Crippen LogP contribution is -2.61. The summed E-state index contributed by atoms with van der Waals surface area (Å²) < 4.78 is 47.9. The number of hydrogen-bond donors (Lipinski definition) is 6. The zero-order chi connectivity index (χ0) is 55.4. The molecule has 0 aliphatic carbocycles. The highest BCUT2D eigenvalue weighted by molar-refractivity contribution is 7.80. The van der Waals surface area contributed by atoms with Crippen LogP contribution in [0.25, 0.3) is 0 Å². The van der Waals surface area contributed by atoms with Gasteiger partial charge in [0, 0.05) is 6.42 Å². The number of rotatable bonds is 57. The maximum absolute atomic E-state index is 13.2. The Morgan fingerprint density at radius 3 is 1.18 bits per heavy atom. The highest BCUT2D eigenvalue weighted by atomic mass is 32.3. The lowest BCUT2D eigenvalue weighted by atomic mass is 9.99. The van der Waals surface area contributed by atoms with E-state index in [0.29, 0.717) is 6.42 Å².